The van der Waals surface area contributed by atoms with Crippen LogP contribution in [0.3, 0.4) is 0 Å². The van der Waals surface area contributed by atoms with Gasteiger partial charge in [0.05, 0.1) is 13.2 Å². The van der Waals surface area contributed by atoms with Gasteiger partial charge in [-0.25, -0.2) is 0 Å². The lowest BCUT2D eigenvalue weighted by atomic mass is 10.1. The quantitative estimate of drug-likeness (QED) is 0.504. The number of nitrogens with zero attached hydrogens (tertiary/aromatic N) is 5. The number of ether oxygens (including phenoxy) is 2. The molecule has 0 atom stereocenters. The average Bonchev–Trinajstić information content (AvgIpc) is 3.33. The molecule has 9 heteroatoms. The van der Waals surface area contributed by atoms with E-state index in [2.05, 4.69) is 19.9 Å². The normalized spacial score (nSPS) is 13.8. The van der Waals surface area contributed by atoms with E-state index in [1.807, 2.05) is 30.5 Å². The summed E-state index contributed by atoms with van der Waals surface area (Å²) in [5.74, 6) is 1.55. The third-order valence-corrected chi connectivity index (χ3v) is 5.45. The highest BCUT2D eigenvalue weighted by molar-refractivity contribution is 5.94. The number of carbonyl (C=O) groups excluding carboxylic acids is 1. The van der Waals surface area contributed by atoms with Crippen molar-refractivity contribution in [2.75, 3.05) is 45.3 Å². The number of benzene rings is 2. The first kappa shape index (κ1) is 20.9. The molecule has 1 N–H and O–H groups in total. The van der Waals surface area contributed by atoms with Crippen LogP contribution in [0.15, 0.2) is 54.7 Å². The van der Waals surface area contributed by atoms with Crippen molar-refractivity contribution in [3.05, 3.63) is 60.3 Å². The van der Waals surface area contributed by atoms with Crippen molar-refractivity contribution in [3.8, 4) is 23.1 Å². The second kappa shape index (κ2) is 8.87. The molecule has 4 aromatic rings. The van der Waals surface area contributed by atoms with Gasteiger partial charge in [0.15, 0.2) is 5.82 Å². The van der Waals surface area contributed by atoms with Gasteiger partial charge >= 0.3 is 6.01 Å². The summed E-state index contributed by atoms with van der Waals surface area (Å²) in [4.78, 5) is 32.9. The van der Waals surface area contributed by atoms with Crippen molar-refractivity contribution in [1.82, 2.24) is 24.8 Å². The minimum Gasteiger partial charge on any atom is -0.424 e. The molecule has 1 aliphatic heterocycles. The second-order valence-electron chi connectivity index (χ2n) is 7.91. The number of aromatic amines is 1. The van der Waals surface area contributed by atoms with Crippen LogP contribution >= 0.6 is 0 Å². The lowest BCUT2D eigenvalue weighted by Gasteiger charge is -2.27. The zero-order valence-electron chi connectivity index (χ0n) is 18.5. The Bertz CT molecular complexity index is 1280. The topological polar surface area (TPSA) is 96.5 Å². The standard InChI is InChI=1S/C24H24N6O3/c1-29(2)22(31)16-6-8-17(9-7-16)33-24-27-21(19-4-3-5-20-18(19)10-11-25-20)26-23(28-24)30-12-14-32-15-13-30/h3-11,25H,12-15H2,1-2H3. The van der Waals surface area contributed by atoms with E-state index >= 15 is 0 Å². The Balaban J connectivity index is 1.52. The number of H-pyrrole nitrogens is 1. The van der Waals surface area contributed by atoms with Crippen molar-refractivity contribution in [2.24, 2.45) is 0 Å². The van der Waals surface area contributed by atoms with Crippen LogP contribution in [0.5, 0.6) is 11.8 Å². The van der Waals surface area contributed by atoms with Gasteiger partial charge in [-0.3, -0.25) is 4.79 Å². The molecule has 0 bridgehead atoms. The largest absolute Gasteiger partial charge is 0.424 e. The number of hydrogen-bond acceptors (Lipinski definition) is 7. The second-order valence-corrected chi connectivity index (χ2v) is 7.91. The van der Waals surface area contributed by atoms with Crippen LogP contribution in [-0.4, -0.2) is 71.1 Å². The van der Waals surface area contributed by atoms with Gasteiger partial charge in [-0.2, -0.15) is 15.0 Å². The summed E-state index contributed by atoms with van der Waals surface area (Å²) in [6, 6.07) is 15.1. The summed E-state index contributed by atoms with van der Waals surface area (Å²) < 4.78 is 11.5. The van der Waals surface area contributed by atoms with E-state index in [0.717, 1.165) is 16.5 Å². The third-order valence-electron chi connectivity index (χ3n) is 5.45. The fourth-order valence-electron chi connectivity index (χ4n) is 3.73. The predicted molar refractivity (Wildman–Crippen MR) is 125 cm³/mol. The number of fused-ring (bicyclic) bond motifs is 1. The number of morpholine rings is 1. The van der Waals surface area contributed by atoms with E-state index in [1.165, 1.54) is 4.90 Å². The molecule has 0 radical (unpaired) electrons. The van der Waals surface area contributed by atoms with Gasteiger partial charge in [0.2, 0.25) is 5.95 Å². The van der Waals surface area contributed by atoms with Gasteiger partial charge < -0.3 is 24.3 Å². The Kier molecular flexibility index (Phi) is 5.62. The first-order chi connectivity index (χ1) is 16.1. The SMILES string of the molecule is CN(C)C(=O)c1ccc(Oc2nc(-c3cccc4[nH]ccc34)nc(N3CCOCC3)n2)cc1. The first-order valence-corrected chi connectivity index (χ1v) is 10.7. The van der Waals surface area contributed by atoms with E-state index in [-0.39, 0.29) is 11.9 Å². The Morgan fingerprint density at radius 2 is 1.82 bits per heavy atom. The molecule has 0 saturated carbocycles. The van der Waals surface area contributed by atoms with E-state index < -0.39 is 0 Å². The maximum Gasteiger partial charge on any atom is 0.327 e. The van der Waals surface area contributed by atoms with Crippen molar-refractivity contribution in [2.45, 2.75) is 0 Å². The van der Waals surface area contributed by atoms with Crippen LogP contribution < -0.4 is 9.64 Å². The van der Waals surface area contributed by atoms with Crippen LogP contribution in [0.1, 0.15) is 10.4 Å². The molecule has 1 saturated heterocycles. The Labute approximate surface area is 191 Å². The van der Waals surface area contributed by atoms with Crippen molar-refractivity contribution in [1.29, 1.82) is 0 Å². The maximum absolute atomic E-state index is 12.2. The minimum atomic E-state index is -0.0711. The molecule has 5 rings (SSSR count). The molecule has 2 aromatic carbocycles. The van der Waals surface area contributed by atoms with Crippen LogP contribution in [0.25, 0.3) is 22.3 Å². The Morgan fingerprint density at radius 3 is 2.58 bits per heavy atom. The maximum atomic E-state index is 12.2. The highest BCUT2D eigenvalue weighted by Gasteiger charge is 2.19. The van der Waals surface area contributed by atoms with E-state index in [1.54, 1.807) is 38.4 Å². The average molecular weight is 444 g/mol. The lowest BCUT2D eigenvalue weighted by molar-refractivity contribution is 0.0827. The zero-order chi connectivity index (χ0) is 22.8. The van der Waals surface area contributed by atoms with Crippen molar-refractivity contribution < 1.29 is 14.3 Å². The predicted octanol–water partition coefficient (Wildman–Crippen LogP) is 3.35. The van der Waals surface area contributed by atoms with E-state index in [9.17, 15) is 4.79 Å². The number of rotatable bonds is 5. The van der Waals surface area contributed by atoms with Crippen LogP contribution in [0, 0.1) is 0 Å². The molecule has 168 valence electrons. The smallest absolute Gasteiger partial charge is 0.327 e. The number of nitrogens with one attached hydrogen (secondary N) is 1. The molecule has 0 spiro atoms. The van der Waals surface area contributed by atoms with E-state index in [0.29, 0.717) is 49.4 Å². The molecular formula is C24H24N6O3. The summed E-state index contributed by atoms with van der Waals surface area (Å²) in [5.41, 5.74) is 2.48. The number of carbonyl (C=O) groups is 1. The Hall–Kier alpha value is -3.98. The Morgan fingerprint density at radius 1 is 1.03 bits per heavy atom. The summed E-state index contributed by atoms with van der Waals surface area (Å²) in [6.45, 7) is 2.62. The van der Waals surface area contributed by atoms with Gasteiger partial charge in [0, 0.05) is 55.4 Å². The van der Waals surface area contributed by atoms with Gasteiger partial charge in [0.25, 0.3) is 5.91 Å². The summed E-state index contributed by atoms with van der Waals surface area (Å²) >= 11 is 0. The van der Waals surface area contributed by atoms with Crippen LogP contribution in [-0.2, 0) is 4.74 Å². The number of amides is 1. The summed E-state index contributed by atoms with van der Waals surface area (Å²) in [7, 11) is 3.44. The molecule has 2 aromatic heterocycles. The van der Waals surface area contributed by atoms with E-state index in [4.69, 9.17) is 14.5 Å². The van der Waals surface area contributed by atoms with Gasteiger partial charge in [0.1, 0.15) is 5.75 Å². The number of aromatic nitrogens is 4. The van der Waals surface area contributed by atoms with Gasteiger partial charge in [-0.1, -0.05) is 12.1 Å². The zero-order valence-corrected chi connectivity index (χ0v) is 18.5. The molecule has 0 unspecified atom stereocenters. The molecule has 0 aliphatic carbocycles. The minimum absolute atomic E-state index is 0.0711. The molecule has 9 nitrogen and oxygen atoms in total. The van der Waals surface area contributed by atoms with Crippen LogP contribution in [0.4, 0.5) is 5.95 Å². The molecule has 1 fully saturated rings. The van der Waals surface area contributed by atoms with Gasteiger partial charge in [-0.05, 0) is 36.4 Å². The third kappa shape index (κ3) is 4.35. The highest BCUT2D eigenvalue weighted by Crippen LogP contribution is 2.29. The fraction of sp³-hybridized carbons (Fsp3) is 0.250. The van der Waals surface area contributed by atoms with Crippen LogP contribution in [0.2, 0.25) is 0 Å². The molecule has 1 amide bonds. The number of hydrogen-bond donors (Lipinski definition) is 1. The summed E-state index contributed by atoms with van der Waals surface area (Å²) in [6.07, 6.45) is 1.90. The number of anilines is 1. The monoisotopic (exact) mass is 444 g/mol. The fourth-order valence-corrected chi connectivity index (χ4v) is 3.73. The molecule has 1 aliphatic rings. The van der Waals surface area contributed by atoms with Gasteiger partial charge in [-0.15, -0.1) is 0 Å². The summed E-state index contributed by atoms with van der Waals surface area (Å²) in [5, 5.41) is 1.02. The molecular weight excluding hydrogens is 420 g/mol. The lowest BCUT2D eigenvalue weighted by Crippen LogP contribution is -2.37. The first-order valence-electron chi connectivity index (χ1n) is 10.7. The van der Waals surface area contributed by atoms with Crippen molar-refractivity contribution >= 4 is 22.8 Å². The molecule has 3 heterocycles. The molecule has 33 heavy (non-hydrogen) atoms. The van der Waals surface area contributed by atoms with Crippen molar-refractivity contribution in [3.63, 3.8) is 0 Å². The highest BCUT2D eigenvalue weighted by atomic mass is 16.5.